The Morgan fingerprint density at radius 3 is 3.09 bits per heavy atom. The van der Waals surface area contributed by atoms with Crippen molar-refractivity contribution in [3.63, 3.8) is 0 Å². The minimum Gasteiger partial charge on any atom is -0.478 e. The van der Waals surface area contributed by atoms with Gasteiger partial charge in [0.05, 0.1) is 5.56 Å². The number of benzene rings is 1. The zero-order valence-corrected chi connectivity index (χ0v) is 13.0. The van der Waals surface area contributed by atoms with E-state index >= 15 is 0 Å². The summed E-state index contributed by atoms with van der Waals surface area (Å²) in [6, 6.07) is 5.33. The number of aryl methyl sites for hydroxylation is 2. The number of fused-ring (bicyclic) bond motifs is 1. The van der Waals surface area contributed by atoms with Gasteiger partial charge in [-0.25, -0.2) is 9.78 Å². The Balaban J connectivity index is 1.83. The van der Waals surface area contributed by atoms with Crippen LogP contribution in [0.1, 0.15) is 40.2 Å². The number of carboxylic acid groups (broad SMARTS) is 1. The Kier molecular flexibility index (Phi) is 4.14. The van der Waals surface area contributed by atoms with E-state index in [2.05, 4.69) is 10.3 Å². The van der Waals surface area contributed by atoms with Crippen molar-refractivity contribution in [2.24, 2.45) is 7.05 Å². The molecule has 0 saturated carbocycles. The maximum Gasteiger partial charge on any atom is 0.335 e. The summed E-state index contributed by atoms with van der Waals surface area (Å²) in [7, 11) is 1.68. The first-order valence-electron chi connectivity index (χ1n) is 7.68. The number of anilines is 1. The first-order valence-corrected chi connectivity index (χ1v) is 7.68. The molecule has 6 nitrogen and oxygen atoms in total. The first-order chi connectivity index (χ1) is 11.1. The molecule has 3 rings (SSSR count). The van der Waals surface area contributed by atoms with Crippen LogP contribution < -0.4 is 10.9 Å². The number of aromatic carboxylic acids is 1. The van der Waals surface area contributed by atoms with E-state index in [4.69, 9.17) is 0 Å². The number of hydrogen-bond acceptors (Lipinski definition) is 4. The van der Waals surface area contributed by atoms with Gasteiger partial charge in [0, 0.05) is 31.9 Å². The summed E-state index contributed by atoms with van der Waals surface area (Å²) in [5.41, 5.74) is 2.41. The molecule has 0 radical (unpaired) electrons. The second kappa shape index (κ2) is 6.24. The van der Waals surface area contributed by atoms with Crippen LogP contribution >= 0.6 is 0 Å². The molecule has 0 bridgehead atoms. The molecular weight excluding hydrogens is 294 g/mol. The standard InChI is InChI=1S/C17H19N3O3/c1-20-8-7-18-15(16(20)21)19-10-13-4-2-3-11-5-6-12(17(22)23)9-14(11)13/h5-9,13H,2-4,10H2,1H3,(H,18,19)(H,22,23). The Morgan fingerprint density at radius 1 is 1.48 bits per heavy atom. The summed E-state index contributed by atoms with van der Waals surface area (Å²) in [6.07, 6.45) is 6.20. The number of aromatic nitrogens is 2. The maximum absolute atomic E-state index is 12.0. The fourth-order valence-corrected chi connectivity index (χ4v) is 3.08. The normalized spacial score (nSPS) is 16.7. The predicted molar refractivity (Wildman–Crippen MR) is 87.0 cm³/mol. The first kappa shape index (κ1) is 15.3. The van der Waals surface area contributed by atoms with Crippen LogP contribution in [-0.4, -0.2) is 27.2 Å². The lowest BCUT2D eigenvalue weighted by Crippen LogP contribution is -2.25. The summed E-state index contributed by atoms with van der Waals surface area (Å²) in [4.78, 5) is 27.3. The van der Waals surface area contributed by atoms with Gasteiger partial charge < -0.3 is 15.0 Å². The van der Waals surface area contributed by atoms with Gasteiger partial charge in [0.2, 0.25) is 0 Å². The molecule has 1 aliphatic carbocycles. The molecule has 1 aromatic heterocycles. The maximum atomic E-state index is 12.0. The molecule has 2 aromatic rings. The minimum atomic E-state index is -0.913. The summed E-state index contributed by atoms with van der Waals surface area (Å²) in [6.45, 7) is 0.572. The molecule has 0 saturated heterocycles. The third-order valence-corrected chi connectivity index (χ3v) is 4.36. The third-order valence-electron chi connectivity index (χ3n) is 4.36. The van der Waals surface area contributed by atoms with Crippen molar-refractivity contribution in [1.29, 1.82) is 0 Å². The van der Waals surface area contributed by atoms with Crippen LogP contribution in [0, 0.1) is 0 Å². The fraction of sp³-hybridized carbons (Fsp3) is 0.353. The summed E-state index contributed by atoms with van der Waals surface area (Å²) < 4.78 is 1.48. The smallest absolute Gasteiger partial charge is 0.335 e. The second-order valence-corrected chi connectivity index (χ2v) is 5.88. The van der Waals surface area contributed by atoms with Gasteiger partial charge in [-0.1, -0.05) is 6.07 Å². The molecule has 0 fully saturated rings. The monoisotopic (exact) mass is 313 g/mol. The molecule has 1 aliphatic rings. The predicted octanol–water partition coefficient (Wildman–Crippen LogP) is 2.01. The summed E-state index contributed by atoms with van der Waals surface area (Å²) in [5.74, 6) is -0.398. The quantitative estimate of drug-likeness (QED) is 0.902. The van der Waals surface area contributed by atoms with Crippen LogP contribution in [0.5, 0.6) is 0 Å². The Hall–Kier alpha value is -2.63. The van der Waals surface area contributed by atoms with Gasteiger partial charge in [-0.05, 0) is 42.5 Å². The van der Waals surface area contributed by atoms with Crippen LogP contribution in [-0.2, 0) is 13.5 Å². The molecule has 0 aliphatic heterocycles. The highest BCUT2D eigenvalue weighted by Crippen LogP contribution is 2.32. The van der Waals surface area contributed by atoms with Crippen molar-refractivity contribution in [2.45, 2.75) is 25.2 Å². The highest BCUT2D eigenvalue weighted by Gasteiger charge is 2.22. The second-order valence-electron chi connectivity index (χ2n) is 5.88. The molecule has 1 atom stereocenters. The van der Waals surface area contributed by atoms with Crippen molar-refractivity contribution in [2.75, 3.05) is 11.9 Å². The molecule has 1 heterocycles. The zero-order chi connectivity index (χ0) is 16.4. The van der Waals surface area contributed by atoms with Gasteiger partial charge in [-0.2, -0.15) is 0 Å². The van der Waals surface area contributed by atoms with Crippen LogP contribution in [0.3, 0.4) is 0 Å². The van der Waals surface area contributed by atoms with Crippen LogP contribution in [0.15, 0.2) is 35.4 Å². The molecule has 1 aromatic carbocycles. The highest BCUT2D eigenvalue weighted by atomic mass is 16.4. The Bertz CT molecular complexity index is 798. The van der Waals surface area contributed by atoms with E-state index in [1.807, 2.05) is 6.07 Å². The largest absolute Gasteiger partial charge is 0.478 e. The van der Waals surface area contributed by atoms with E-state index in [-0.39, 0.29) is 11.5 Å². The molecule has 120 valence electrons. The molecule has 2 N–H and O–H groups in total. The van der Waals surface area contributed by atoms with Gasteiger partial charge in [0.1, 0.15) is 0 Å². The van der Waals surface area contributed by atoms with Crippen LogP contribution in [0.4, 0.5) is 5.82 Å². The van der Waals surface area contributed by atoms with Crippen molar-refractivity contribution < 1.29 is 9.90 Å². The van der Waals surface area contributed by atoms with E-state index in [1.165, 1.54) is 10.1 Å². The van der Waals surface area contributed by atoms with Crippen molar-refractivity contribution >= 4 is 11.8 Å². The van der Waals surface area contributed by atoms with Gasteiger partial charge in [-0.15, -0.1) is 0 Å². The van der Waals surface area contributed by atoms with E-state index < -0.39 is 5.97 Å². The number of carboxylic acids is 1. The zero-order valence-electron chi connectivity index (χ0n) is 13.0. The average molecular weight is 313 g/mol. The van der Waals surface area contributed by atoms with Gasteiger partial charge >= 0.3 is 5.97 Å². The lowest BCUT2D eigenvalue weighted by molar-refractivity contribution is 0.0696. The SMILES string of the molecule is Cn1ccnc(NCC2CCCc3ccc(C(=O)O)cc32)c1=O. The lowest BCUT2D eigenvalue weighted by atomic mass is 9.82. The molecule has 0 amide bonds. The Labute approximate surface area is 133 Å². The van der Waals surface area contributed by atoms with E-state index in [9.17, 15) is 14.7 Å². The lowest BCUT2D eigenvalue weighted by Gasteiger charge is -2.26. The van der Waals surface area contributed by atoms with Gasteiger partial charge in [0.15, 0.2) is 5.82 Å². The van der Waals surface area contributed by atoms with Crippen LogP contribution in [0.25, 0.3) is 0 Å². The Morgan fingerprint density at radius 2 is 2.30 bits per heavy atom. The number of nitrogens with one attached hydrogen (secondary N) is 1. The molecule has 6 heteroatoms. The number of hydrogen-bond donors (Lipinski definition) is 2. The van der Waals surface area contributed by atoms with Gasteiger partial charge in [0.25, 0.3) is 5.56 Å². The average Bonchev–Trinajstić information content (AvgIpc) is 2.55. The van der Waals surface area contributed by atoms with Gasteiger partial charge in [-0.3, -0.25) is 4.79 Å². The van der Waals surface area contributed by atoms with Crippen molar-refractivity contribution in [3.8, 4) is 0 Å². The van der Waals surface area contributed by atoms with E-state index in [1.54, 1.807) is 31.6 Å². The number of rotatable bonds is 4. The minimum absolute atomic E-state index is 0.164. The molecule has 23 heavy (non-hydrogen) atoms. The third kappa shape index (κ3) is 3.11. The summed E-state index contributed by atoms with van der Waals surface area (Å²) in [5, 5.41) is 12.3. The number of carbonyl (C=O) groups is 1. The van der Waals surface area contributed by atoms with Crippen LogP contribution in [0.2, 0.25) is 0 Å². The summed E-state index contributed by atoms with van der Waals surface area (Å²) >= 11 is 0. The highest BCUT2D eigenvalue weighted by molar-refractivity contribution is 5.88. The molecule has 0 spiro atoms. The van der Waals surface area contributed by atoms with Crippen molar-refractivity contribution in [1.82, 2.24) is 9.55 Å². The number of nitrogens with zero attached hydrogens (tertiary/aromatic N) is 2. The topological polar surface area (TPSA) is 84.2 Å². The molecule has 1 unspecified atom stereocenters. The molecular formula is C17H19N3O3. The fourth-order valence-electron chi connectivity index (χ4n) is 3.08. The van der Waals surface area contributed by atoms with Crippen molar-refractivity contribution in [3.05, 3.63) is 57.6 Å². The van der Waals surface area contributed by atoms with E-state index in [0.717, 1.165) is 24.8 Å². The van der Waals surface area contributed by atoms with E-state index in [0.29, 0.717) is 17.9 Å².